The van der Waals surface area contributed by atoms with Crippen LogP contribution in [0.2, 0.25) is 0 Å². The molecule has 0 fully saturated rings. The fraction of sp³-hybridized carbons (Fsp3) is 0.176. The van der Waals surface area contributed by atoms with Crippen LogP contribution in [-0.4, -0.2) is 19.0 Å². The van der Waals surface area contributed by atoms with Gasteiger partial charge in [-0.3, -0.25) is 10.1 Å². The van der Waals surface area contributed by atoms with E-state index in [0.29, 0.717) is 24.3 Å². The minimum absolute atomic E-state index is 0.108. The summed E-state index contributed by atoms with van der Waals surface area (Å²) in [5.74, 6) is 0.597. The number of amides is 2. The molecular formula is C17H16N2O3. The SMILES string of the molecule is CN1C(=O)CCc2cc(NC(=O)Oc3ccccc3)ccc21. The summed E-state index contributed by atoms with van der Waals surface area (Å²) >= 11 is 0. The molecule has 1 heterocycles. The summed E-state index contributed by atoms with van der Waals surface area (Å²) in [7, 11) is 1.76. The molecule has 2 aromatic carbocycles. The molecule has 0 aliphatic carbocycles. The lowest BCUT2D eigenvalue weighted by atomic mass is 10.0. The average molecular weight is 296 g/mol. The maximum Gasteiger partial charge on any atom is 0.417 e. The highest BCUT2D eigenvalue weighted by Gasteiger charge is 2.21. The number of aryl methyl sites for hydroxylation is 1. The number of rotatable bonds is 2. The molecule has 2 aromatic rings. The first kappa shape index (κ1) is 14.1. The Balaban J connectivity index is 1.71. The number of nitrogens with zero attached hydrogens (tertiary/aromatic N) is 1. The highest BCUT2D eigenvalue weighted by Crippen LogP contribution is 2.29. The first-order chi connectivity index (χ1) is 10.6. The number of nitrogens with one attached hydrogen (secondary N) is 1. The van der Waals surface area contributed by atoms with Crippen molar-refractivity contribution in [3.8, 4) is 5.75 Å². The summed E-state index contributed by atoms with van der Waals surface area (Å²) in [5, 5.41) is 2.70. The van der Waals surface area contributed by atoms with Gasteiger partial charge in [0, 0.05) is 24.8 Å². The molecule has 1 aliphatic heterocycles. The Kier molecular flexibility index (Phi) is 3.78. The van der Waals surface area contributed by atoms with Gasteiger partial charge >= 0.3 is 6.09 Å². The van der Waals surface area contributed by atoms with Gasteiger partial charge in [-0.1, -0.05) is 18.2 Å². The summed E-state index contributed by atoms with van der Waals surface area (Å²) in [6, 6.07) is 14.4. The predicted molar refractivity (Wildman–Crippen MR) is 84.3 cm³/mol. The molecule has 3 rings (SSSR count). The molecule has 0 bridgehead atoms. The normalized spacial score (nSPS) is 13.5. The number of benzene rings is 2. The van der Waals surface area contributed by atoms with E-state index in [0.717, 1.165) is 11.3 Å². The van der Waals surface area contributed by atoms with Crippen LogP contribution in [0.15, 0.2) is 48.5 Å². The van der Waals surface area contributed by atoms with Gasteiger partial charge in [-0.2, -0.15) is 0 Å². The van der Waals surface area contributed by atoms with Crippen LogP contribution in [0.5, 0.6) is 5.75 Å². The minimum atomic E-state index is -0.536. The Bertz CT molecular complexity index is 713. The second kappa shape index (κ2) is 5.89. The van der Waals surface area contributed by atoms with Gasteiger partial charge in [-0.05, 0) is 42.3 Å². The van der Waals surface area contributed by atoms with Crippen LogP contribution in [0.3, 0.4) is 0 Å². The molecule has 0 aromatic heterocycles. The molecule has 0 radical (unpaired) electrons. The van der Waals surface area contributed by atoms with Crippen molar-refractivity contribution in [3.05, 3.63) is 54.1 Å². The summed E-state index contributed by atoms with van der Waals surface area (Å²) in [6.45, 7) is 0. The minimum Gasteiger partial charge on any atom is -0.410 e. The summed E-state index contributed by atoms with van der Waals surface area (Å²) in [6.07, 6.45) is 0.634. The largest absolute Gasteiger partial charge is 0.417 e. The number of hydrogen-bond donors (Lipinski definition) is 1. The van der Waals surface area contributed by atoms with Crippen molar-refractivity contribution in [2.75, 3.05) is 17.3 Å². The number of anilines is 2. The number of hydrogen-bond acceptors (Lipinski definition) is 3. The molecule has 112 valence electrons. The van der Waals surface area contributed by atoms with E-state index in [1.165, 1.54) is 0 Å². The lowest BCUT2D eigenvalue weighted by molar-refractivity contribution is -0.118. The molecule has 1 N–H and O–H groups in total. The van der Waals surface area contributed by atoms with Crippen LogP contribution in [0, 0.1) is 0 Å². The van der Waals surface area contributed by atoms with Crippen molar-refractivity contribution in [1.82, 2.24) is 0 Å². The maximum atomic E-state index is 11.9. The zero-order valence-corrected chi connectivity index (χ0v) is 12.2. The third kappa shape index (κ3) is 2.93. The molecule has 0 saturated carbocycles. The molecule has 0 spiro atoms. The Hall–Kier alpha value is -2.82. The maximum absolute atomic E-state index is 11.9. The van der Waals surface area contributed by atoms with E-state index in [1.807, 2.05) is 18.2 Å². The third-order valence-corrected chi connectivity index (χ3v) is 3.62. The molecule has 1 aliphatic rings. The average Bonchev–Trinajstić information content (AvgIpc) is 2.52. The molecule has 0 atom stereocenters. The van der Waals surface area contributed by atoms with Crippen LogP contribution in [0.25, 0.3) is 0 Å². The van der Waals surface area contributed by atoms with Gasteiger partial charge in [0.05, 0.1) is 0 Å². The first-order valence-electron chi connectivity index (χ1n) is 7.07. The summed E-state index contributed by atoms with van der Waals surface area (Å²) in [5.41, 5.74) is 2.58. The van der Waals surface area contributed by atoms with Gasteiger partial charge in [0.2, 0.25) is 5.91 Å². The quantitative estimate of drug-likeness (QED) is 0.925. The fourth-order valence-electron chi connectivity index (χ4n) is 2.47. The molecule has 5 heteroatoms. The Labute approximate surface area is 128 Å². The van der Waals surface area contributed by atoms with Crippen molar-refractivity contribution >= 4 is 23.4 Å². The number of ether oxygens (including phenoxy) is 1. The number of fused-ring (bicyclic) bond motifs is 1. The van der Waals surface area contributed by atoms with Gasteiger partial charge in [-0.25, -0.2) is 4.79 Å². The van der Waals surface area contributed by atoms with Crippen molar-refractivity contribution in [2.45, 2.75) is 12.8 Å². The lowest BCUT2D eigenvalue weighted by Gasteiger charge is -2.26. The fourth-order valence-corrected chi connectivity index (χ4v) is 2.47. The van der Waals surface area contributed by atoms with Crippen LogP contribution in [-0.2, 0) is 11.2 Å². The molecule has 0 unspecified atom stereocenters. The van der Waals surface area contributed by atoms with Crippen molar-refractivity contribution < 1.29 is 14.3 Å². The van der Waals surface area contributed by atoms with E-state index in [2.05, 4.69) is 5.32 Å². The summed E-state index contributed by atoms with van der Waals surface area (Å²) < 4.78 is 5.19. The monoisotopic (exact) mass is 296 g/mol. The van der Waals surface area contributed by atoms with Crippen molar-refractivity contribution in [3.63, 3.8) is 0 Å². The Morgan fingerprint density at radius 2 is 1.91 bits per heavy atom. The third-order valence-electron chi connectivity index (χ3n) is 3.62. The molecular weight excluding hydrogens is 280 g/mol. The van der Waals surface area contributed by atoms with Crippen LogP contribution in [0.4, 0.5) is 16.2 Å². The van der Waals surface area contributed by atoms with E-state index in [9.17, 15) is 9.59 Å². The molecule has 0 saturated heterocycles. The van der Waals surface area contributed by atoms with Crippen molar-refractivity contribution in [2.24, 2.45) is 0 Å². The number of carbonyl (C=O) groups is 2. The van der Waals surface area contributed by atoms with Gasteiger partial charge in [0.1, 0.15) is 5.75 Å². The van der Waals surface area contributed by atoms with E-state index in [1.54, 1.807) is 42.3 Å². The van der Waals surface area contributed by atoms with Gasteiger partial charge < -0.3 is 9.64 Å². The highest BCUT2D eigenvalue weighted by atomic mass is 16.6. The van der Waals surface area contributed by atoms with E-state index >= 15 is 0 Å². The Morgan fingerprint density at radius 3 is 2.68 bits per heavy atom. The van der Waals surface area contributed by atoms with E-state index in [4.69, 9.17) is 4.74 Å². The first-order valence-corrected chi connectivity index (χ1v) is 7.07. The van der Waals surface area contributed by atoms with E-state index < -0.39 is 6.09 Å². The zero-order chi connectivity index (χ0) is 15.5. The van der Waals surface area contributed by atoms with Crippen LogP contribution in [0.1, 0.15) is 12.0 Å². The lowest BCUT2D eigenvalue weighted by Crippen LogP contribution is -2.31. The molecule has 22 heavy (non-hydrogen) atoms. The molecule has 2 amide bonds. The second-order valence-electron chi connectivity index (χ2n) is 5.12. The van der Waals surface area contributed by atoms with Gasteiger partial charge in [0.15, 0.2) is 0 Å². The Morgan fingerprint density at radius 1 is 1.14 bits per heavy atom. The second-order valence-corrected chi connectivity index (χ2v) is 5.12. The van der Waals surface area contributed by atoms with Crippen LogP contribution >= 0.6 is 0 Å². The smallest absolute Gasteiger partial charge is 0.410 e. The summed E-state index contributed by atoms with van der Waals surface area (Å²) in [4.78, 5) is 25.2. The van der Waals surface area contributed by atoms with Crippen molar-refractivity contribution in [1.29, 1.82) is 0 Å². The number of carbonyl (C=O) groups excluding carboxylic acids is 2. The highest BCUT2D eigenvalue weighted by molar-refractivity contribution is 5.96. The standard InChI is InChI=1S/C17H16N2O3/c1-19-15-9-8-13(11-12(15)7-10-16(19)20)18-17(21)22-14-5-3-2-4-6-14/h2-6,8-9,11H,7,10H2,1H3,(H,18,21). The van der Waals surface area contributed by atoms with E-state index in [-0.39, 0.29) is 5.91 Å². The van der Waals surface area contributed by atoms with Gasteiger partial charge in [0.25, 0.3) is 0 Å². The number of para-hydroxylation sites is 1. The predicted octanol–water partition coefficient (Wildman–Crippen LogP) is 3.21. The zero-order valence-electron chi connectivity index (χ0n) is 12.2. The topological polar surface area (TPSA) is 58.6 Å². The van der Waals surface area contributed by atoms with Crippen LogP contribution < -0.4 is 15.0 Å². The van der Waals surface area contributed by atoms with Gasteiger partial charge in [-0.15, -0.1) is 0 Å². The molecule has 5 nitrogen and oxygen atoms in total.